The standard InChI is InChI=1S/C21H24N2O4/c1-5-16(22-13-7-9-14(10-8-13)27-6-2)20-15-11-18(25-3)19(26-4)12-17(15)23-21(20)24/h7-12,20H,5-6H2,1-4H3,(H,23,24). The number of fused-ring (bicyclic) bond motifs is 1. The lowest BCUT2D eigenvalue weighted by Gasteiger charge is -2.14. The molecule has 142 valence electrons. The van der Waals surface area contributed by atoms with Crippen LogP contribution in [0.1, 0.15) is 31.7 Å². The van der Waals surface area contributed by atoms with Crippen LogP contribution in [0.15, 0.2) is 41.4 Å². The van der Waals surface area contributed by atoms with Gasteiger partial charge in [-0.1, -0.05) is 6.92 Å². The Labute approximate surface area is 159 Å². The Morgan fingerprint density at radius 2 is 1.74 bits per heavy atom. The highest BCUT2D eigenvalue weighted by atomic mass is 16.5. The third-order valence-corrected chi connectivity index (χ3v) is 4.50. The van der Waals surface area contributed by atoms with E-state index >= 15 is 0 Å². The quantitative estimate of drug-likeness (QED) is 0.739. The lowest BCUT2D eigenvalue weighted by atomic mass is 9.93. The van der Waals surface area contributed by atoms with Gasteiger partial charge in [-0.2, -0.15) is 0 Å². The van der Waals surface area contributed by atoms with Crippen molar-refractivity contribution in [2.75, 3.05) is 26.1 Å². The minimum Gasteiger partial charge on any atom is -0.494 e. The van der Waals surface area contributed by atoms with Gasteiger partial charge in [-0.25, -0.2) is 0 Å². The molecule has 0 bridgehead atoms. The number of benzene rings is 2. The summed E-state index contributed by atoms with van der Waals surface area (Å²) in [7, 11) is 3.15. The molecule has 0 saturated heterocycles. The summed E-state index contributed by atoms with van der Waals surface area (Å²) in [4.78, 5) is 17.4. The normalized spacial score (nSPS) is 15.9. The minimum atomic E-state index is -0.448. The molecule has 2 aromatic carbocycles. The molecule has 6 heteroatoms. The summed E-state index contributed by atoms with van der Waals surface area (Å²) in [6.07, 6.45) is 0.652. The maximum atomic E-state index is 12.7. The van der Waals surface area contributed by atoms with E-state index in [0.717, 1.165) is 28.4 Å². The predicted octanol–water partition coefficient (Wildman–Crippen LogP) is 4.32. The molecule has 0 radical (unpaired) electrons. The van der Waals surface area contributed by atoms with Crippen LogP contribution in [0.2, 0.25) is 0 Å². The number of nitrogens with zero attached hydrogens (tertiary/aromatic N) is 1. The van der Waals surface area contributed by atoms with Crippen LogP contribution in [-0.2, 0) is 4.79 Å². The summed E-state index contributed by atoms with van der Waals surface area (Å²) < 4.78 is 16.2. The number of carbonyl (C=O) groups excluding carboxylic acids is 1. The molecule has 1 N–H and O–H groups in total. The second kappa shape index (κ2) is 8.12. The van der Waals surface area contributed by atoms with Gasteiger partial charge in [0.2, 0.25) is 5.91 Å². The van der Waals surface area contributed by atoms with E-state index in [2.05, 4.69) is 5.32 Å². The second-order valence-corrected chi connectivity index (χ2v) is 6.10. The fourth-order valence-corrected chi connectivity index (χ4v) is 3.22. The van der Waals surface area contributed by atoms with Gasteiger partial charge in [0.15, 0.2) is 11.5 Å². The topological polar surface area (TPSA) is 69.2 Å². The Balaban J connectivity index is 1.97. The van der Waals surface area contributed by atoms with E-state index in [0.29, 0.717) is 24.5 Å². The van der Waals surface area contributed by atoms with Crippen molar-refractivity contribution in [3.8, 4) is 17.2 Å². The molecule has 3 rings (SSSR count). The first kappa shape index (κ1) is 18.8. The maximum Gasteiger partial charge on any atom is 0.237 e. The third-order valence-electron chi connectivity index (χ3n) is 4.50. The van der Waals surface area contributed by atoms with E-state index in [-0.39, 0.29) is 5.91 Å². The summed E-state index contributed by atoms with van der Waals surface area (Å²) in [5.41, 5.74) is 3.17. The van der Waals surface area contributed by atoms with Crippen molar-refractivity contribution in [3.63, 3.8) is 0 Å². The largest absolute Gasteiger partial charge is 0.494 e. The third kappa shape index (κ3) is 3.74. The number of ether oxygens (including phenoxy) is 3. The Morgan fingerprint density at radius 3 is 2.33 bits per heavy atom. The van der Waals surface area contributed by atoms with Crippen LogP contribution in [0.3, 0.4) is 0 Å². The number of hydrogen-bond acceptors (Lipinski definition) is 5. The fourth-order valence-electron chi connectivity index (χ4n) is 3.22. The molecule has 0 aliphatic carbocycles. The van der Waals surface area contributed by atoms with Crippen LogP contribution >= 0.6 is 0 Å². The molecule has 1 aliphatic rings. The highest BCUT2D eigenvalue weighted by molar-refractivity contribution is 6.19. The molecule has 1 heterocycles. The summed E-state index contributed by atoms with van der Waals surface area (Å²) >= 11 is 0. The van der Waals surface area contributed by atoms with Crippen LogP contribution in [0.4, 0.5) is 11.4 Å². The number of aliphatic imine (C=N–C) groups is 1. The molecular formula is C21H24N2O4. The Kier molecular flexibility index (Phi) is 5.64. The van der Waals surface area contributed by atoms with Gasteiger partial charge < -0.3 is 19.5 Å². The number of nitrogens with one attached hydrogen (secondary N) is 1. The SMILES string of the molecule is CCOc1ccc(N=C(CC)C2C(=O)Nc3cc(OC)c(OC)cc32)cc1. The Hall–Kier alpha value is -3.02. The van der Waals surface area contributed by atoms with Crippen molar-refractivity contribution in [2.45, 2.75) is 26.2 Å². The molecule has 1 atom stereocenters. The van der Waals surface area contributed by atoms with Gasteiger partial charge in [0.05, 0.1) is 26.5 Å². The molecule has 1 aliphatic heterocycles. The van der Waals surface area contributed by atoms with E-state index in [1.165, 1.54) is 0 Å². The van der Waals surface area contributed by atoms with Crippen molar-refractivity contribution >= 4 is 23.0 Å². The first-order chi connectivity index (χ1) is 13.1. The summed E-state index contributed by atoms with van der Waals surface area (Å²) in [6, 6.07) is 11.2. The van der Waals surface area contributed by atoms with E-state index < -0.39 is 5.92 Å². The van der Waals surface area contributed by atoms with Crippen LogP contribution in [0, 0.1) is 0 Å². The number of anilines is 1. The molecule has 0 saturated carbocycles. The fraction of sp³-hybridized carbons (Fsp3) is 0.333. The monoisotopic (exact) mass is 368 g/mol. The van der Waals surface area contributed by atoms with Gasteiger partial charge in [0.1, 0.15) is 11.7 Å². The van der Waals surface area contributed by atoms with Gasteiger partial charge in [-0.05, 0) is 49.2 Å². The highest BCUT2D eigenvalue weighted by Crippen LogP contribution is 2.42. The minimum absolute atomic E-state index is 0.0909. The number of amides is 1. The van der Waals surface area contributed by atoms with E-state index in [1.54, 1.807) is 20.3 Å². The predicted molar refractivity (Wildman–Crippen MR) is 106 cm³/mol. The molecule has 6 nitrogen and oxygen atoms in total. The molecule has 0 aromatic heterocycles. The summed E-state index contributed by atoms with van der Waals surface area (Å²) in [5.74, 6) is 1.44. The van der Waals surface area contributed by atoms with Crippen molar-refractivity contribution in [3.05, 3.63) is 42.0 Å². The molecule has 0 spiro atoms. The van der Waals surface area contributed by atoms with Crippen molar-refractivity contribution in [1.29, 1.82) is 0 Å². The van der Waals surface area contributed by atoms with Gasteiger partial charge in [0.25, 0.3) is 0 Å². The molecule has 27 heavy (non-hydrogen) atoms. The average Bonchev–Trinajstić information content (AvgIpc) is 3.01. The van der Waals surface area contributed by atoms with Crippen LogP contribution in [0.25, 0.3) is 0 Å². The zero-order chi connectivity index (χ0) is 19.4. The molecular weight excluding hydrogens is 344 g/mol. The number of methoxy groups -OCH3 is 2. The molecule has 2 aromatic rings. The van der Waals surface area contributed by atoms with Crippen LogP contribution < -0.4 is 19.5 Å². The Morgan fingerprint density at radius 1 is 1.07 bits per heavy atom. The number of hydrogen-bond donors (Lipinski definition) is 1. The molecule has 1 amide bonds. The first-order valence-electron chi connectivity index (χ1n) is 8.98. The lowest BCUT2D eigenvalue weighted by molar-refractivity contribution is -0.115. The van der Waals surface area contributed by atoms with Gasteiger partial charge >= 0.3 is 0 Å². The van der Waals surface area contributed by atoms with E-state index in [4.69, 9.17) is 19.2 Å². The zero-order valence-corrected chi connectivity index (χ0v) is 16.0. The zero-order valence-electron chi connectivity index (χ0n) is 16.0. The van der Waals surface area contributed by atoms with E-state index in [1.807, 2.05) is 44.2 Å². The van der Waals surface area contributed by atoms with Gasteiger partial charge in [0, 0.05) is 17.5 Å². The first-order valence-corrected chi connectivity index (χ1v) is 8.98. The van der Waals surface area contributed by atoms with Crippen LogP contribution in [0.5, 0.6) is 17.2 Å². The molecule has 1 unspecified atom stereocenters. The highest BCUT2D eigenvalue weighted by Gasteiger charge is 2.35. The lowest BCUT2D eigenvalue weighted by Crippen LogP contribution is -2.20. The van der Waals surface area contributed by atoms with E-state index in [9.17, 15) is 4.79 Å². The number of carbonyl (C=O) groups is 1. The Bertz CT molecular complexity index is 859. The number of rotatable bonds is 7. The van der Waals surface area contributed by atoms with Gasteiger partial charge in [-0.3, -0.25) is 9.79 Å². The summed E-state index contributed by atoms with van der Waals surface area (Å²) in [6.45, 7) is 4.56. The van der Waals surface area contributed by atoms with Crippen LogP contribution in [-0.4, -0.2) is 32.4 Å². The molecule has 0 fully saturated rings. The smallest absolute Gasteiger partial charge is 0.237 e. The van der Waals surface area contributed by atoms with Crippen molar-refractivity contribution < 1.29 is 19.0 Å². The van der Waals surface area contributed by atoms with Crippen molar-refractivity contribution in [2.24, 2.45) is 4.99 Å². The second-order valence-electron chi connectivity index (χ2n) is 6.10. The van der Waals surface area contributed by atoms with Crippen molar-refractivity contribution in [1.82, 2.24) is 0 Å². The van der Waals surface area contributed by atoms with Gasteiger partial charge in [-0.15, -0.1) is 0 Å². The average molecular weight is 368 g/mol. The summed E-state index contributed by atoms with van der Waals surface area (Å²) in [5, 5.41) is 2.92. The maximum absolute atomic E-state index is 12.7.